The van der Waals surface area contributed by atoms with Gasteiger partial charge in [0.05, 0.1) is 6.54 Å². The number of nitrogens with one attached hydrogen (secondary N) is 1. The summed E-state index contributed by atoms with van der Waals surface area (Å²) in [6.45, 7) is 4.44. The van der Waals surface area contributed by atoms with Crippen molar-refractivity contribution in [2.75, 3.05) is 44.2 Å². The predicted molar refractivity (Wildman–Crippen MR) is 83.6 cm³/mol. The van der Waals surface area contributed by atoms with Gasteiger partial charge in [0.1, 0.15) is 0 Å². The second-order valence-electron chi connectivity index (χ2n) is 6.58. The molecule has 0 atom stereocenters. The molecule has 2 saturated heterocycles. The molecule has 1 aromatic heterocycles. The van der Waals surface area contributed by atoms with E-state index in [1.807, 2.05) is 19.1 Å². The number of piperidine rings is 1. The Kier molecular flexibility index (Phi) is 4.51. The van der Waals surface area contributed by atoms with E-state index < -0.39 is 12.7 Å². The van der Waals surface area contributed by atoms with Crippen LogP contribution in [0.2, 0.25) is 0 Å². The van der Waals surface area contributed by atoms with Gasteiger partial charge in [-0.2, -0.15) is 13.2 Å². The standard InChI is InChI=1S/C16H23F3N4/c1-13-10-14(2-5-21-13)22-7-3-15(4-8-22)11-20-6-9-23(15)12-16(17,18)19/h2,5,10,20H,3-4,6-9,11-12H2,1H3. The Labute approximate surface area is 134 Å². The third-order valence-electron chi connectivity index (χ3n) is 4.99. The molecule has 4 nitrogen and oxygen atoms in total. The van der Waals surface area contributed by atoms with Crippen LogP contribution in [0.5, 0.6) is 0 Å². The van der Waals surface area contributed by atoms with Gasteiger partial charge in [-0.15, -0.1) is 0 Å². The number of aromatic nitrogens is 1. The van der Waals surface area contributed by atoms with Crippen LogP contribution in [-0.4, -0.2) is 60.9 Å². The first-order valence-electron chi connectivity index (χ1n) is 8.08. The number of anilines is 1. The van der Waals surface area contributed by atoms with Gasteiger partial charge >= 0.3 is 6.18 Å². The van der Waals surface area contributed by atoms with Crippen LogP contribution in [0.4, 0.5) is 18.9 Å². The second-order valence-corrected chi connectivity index (χ2v) is 6.58. The topological polar surface area (TPSA) is 31.4 Å². The fourth-order valence-electron chi connectivity index (χ4n) is 3.75. The van der Waals surface area contributed by atoms with Gasteiger partial charge in [0, 0.05) is 55.8 Å². The molecule has 23 heavy (non-hydrogen) atoms. The monoisotopic (exact) mass is 328 g/mol. The van der Waals surface area contributed by atoms with Crippen LogP contribution in [0.1, 0.15) is 18.5 Å². The summed E-state index contributed by atoms with van der Waals surface area (Å²) in [5.74, 6) is 0. The van der Waals surface area contributed by atoms with Crippen molar-refractivity contribution in [3.05, 3.63) is 24.0 Å². The largest absolute Gasteiger partial charge is 0.401 e. The molecule has 0 bridgehead atoms. The normalized spacial score (nSPS) is 22.5. The maximum atomic E-state index is 12.9. The van der Waals surface area contributed by atoms with Crippen LogP contribution in [0, 0.1) is 6.92 Å². The molecular formula is C16H23F3N4. The molecule has 128 valence electrons. The lowest BCUT2D eigenvalue weighted by Crippen LogP contribution is -2.66. The first-order valence-corrected chi connectivity index (χ1v) is 8.08. The highest BCUT2D eigenvalue weighted by molar-refractivity contribution is 5.47. The minimum Gasteiger partial charge on any atom is -0.371 e. The first-order chi connectivity index (χ1) is 10.9. The van der Waals surface area contributed by atoms with Crippen molar-refractivity contribution < 1.29 is 13.2 Å². The number of aryl methyl sites for hydroxylation is 1. The molecule has 0 amide bonds. The van der Waals surface area contributed by atoms with Crippen LogP contribution in [0.3, 0.4) is 0 Å². The molecule has 0 aliphatic carbocycles. The summed E-state index contributed by atoms with van der Waals surface area (Å²) in [7, 11) is 0. The molecule has 2 aliphatic heterocycles. The molecule has 1 spiro atoms. The molecule has 7 heteroatoms. The number of alkyl halides is 3. The van der Waals surface area contributed by atoms with E-state index in [2.05, 4.69) is 15.2 Å². The van der Waals surface area contributed by atoms with Crippen LogP contribution >= 0.6 is 0 Å². The van der Waals surface area contributed by atoms with Gasteiger partial charge in [-0.3, -0.25) is 9.88 Å². The predicted octanol–water partition coefficient (Wildman–Crippen LogP) is 2.20. The Balaban J connectivity index is 1.70. The van der Waals surface area contributed by atoms with E-state index in [-0.39, 0.29) is 5.54 Å². The van der Waals surface area contributed by atoms with Gasteiger partial charge in [-0.25, -0.2) is 0 Å². The molecular weight excluding hydrogens is 305 g/mol. The van der Waals surface area contributed by atoms with E-state index in [1.165, 1.54) is 0 Å². The number of halogens is 3. The van der Waals surface area contributed by atoms with Crippen LogP contribution in [-0.2, 0) is 0 Å². The van der Waals surface area contributed by atoms with Gasteiger partial charge in [-0.05, 0) is 31.9 Å². The Bertz CT molecular complexity index is 538. The summed E-state index contributed by atoms with van der Waals surface area (Å²) < 4.78 is 38.7. The molecule has 2 fully saturated rings. The van der Waals surface area contributed by atoms with E-state index in [1.54, 1.807) is 11.1 Å². The van der Waals surface area contributed by atoms with E-state index in [4.69, 9.17) is 0 Å². The van der Waals surface area contributed by atoms with Crippen LogP contribution < -0.4 is 10.2 Å². The molecule has 3 heterocycles. The molecule has 0 unspecified atom stereocenters. The molecule has 1 aromatic rings. The summed E-state index contributed by atoms with van der Waals surface area (Å²) >= 11 is 0. The van der Waals surface area contributed by atoms with Gasteiger partial charge in [0.15, 0.2) is 0 Å². The second kappa shape index (κ2) is 6.28. The fourth-order valence-corrected chi connectivity index (χ4v) is 3.75. The Hall–Kier alpha value is -1.34. The average molecular weight is 328 g/mol. The van der Waals surface area contributed by atoms with Crippen molar-refractivity contribution in [2.24, 2.45) is 0 Å². The molecule has 0 aromatic carbocycles. The van der Waals surface area contributed by atoms with Crippen molar-refractivity contribution >= 4 is 5.69 Å². The highest BCUT2D eigenvalue weighted by Gasteiger charge is 2.45. The fraction of sp³-hybridized carbons (Fsp3) is 0.688. The average Bonchev–Trinajstić information content (AvgIpc) is 2.49. The highest BCUT2D eigenvalue weighted by atomic mass is 19.4. The van der Waals surface area contributed by atoms with E-state index in [0.717, 1.165) is 37.3 Å². The zero-order valence-corrected chi connectivity index (χ0v) is 13.4. The maximum absolute atomic E-state index is 12.9. The van der Waals surface area contributed by atoms with Gasteiger partial charge < -0.3 is 10.2 Å². The Morgan fingerprint density at radius 3 is 2.65 bits per heavy atom. The van der Waals surface area contributed by atoms with E-state index in [0.29, 0.717) is 19.6 Å². The molecule has 0 radical (unpaired) electrons. The Morgan fingerprint density at radius 2 is 2.00 bits per heavy atom. The summed E-state index contributed by atoms with van der Waals surface area (Å²) in [6.07, 6.45) is -0.855. The maximum Gasteiger partial charge on any atom is 0.401 e. The van der Waals surface area contributed by atoms with Gasteiger partial charge in [0.2, 0.25) is 0 Å². The van der Waals surface area contributed by atoms with E-state index in [9.17, 15) is 13.2 Å². The lowest BCUT2D eigenvalue weighted by Gasteiger charge is -2.52. The van der Waals surface area contributed by atoms with Crippen molar-refractivity contribution in [3.8, 4) is 0 Å². The minimum absolute atomic E-state index is 0.369. The van der Waals surface area contributed by atoms with Gasteiger partial charge in [-0.1, -0.05) is 0 Å². The Morgan fingerprint density at radius 1 is 1.26 bits per heavy atom. The third-order valence-corrected chi connectivity index (χ3v) is 4.99. The number of rotatable bonds is 2. The summed E-state index contributed by atoms with van der Waals surface area (Å²) in [5.41, 5.74) is 1.70. The number of hydrogen-bond donors (Lipinski definition) is 1. The smallest absolute Gasteiger partial charge is 0.371 e. The highest BCUT2D eigenvalue weighted by Crippen LogP contribution is 2.34. The zero-order valence-electron chi connectivity index (χ0n) is 13.4. The van der Waals surface area contributed by atoms with Crippen molar-refractivity contribution in [1.82, 2.24) is 15.2 Å². The van der Waals surface area contributed by atoms with Gasteiger partial charge in [0.25, 0.3) is 0 Å². The van der Waals surface area contributed by atoms with Crippen LogP contribution in [0.15, 0.2) is 18.3 Å². The lowest BCUT2D eigenvalue weighted by atomic mass is 9.83. The van der Waals surface area contributed by atoms with Crippen molar-refractivity contribution in [1.29, 1.82) is 0 Å². The number of nitrogens with zero attached hydrogens (tertiary/aromatic N) is 3. The third kappa shape index (κ3) is 3.77. The number of pyridine rings is 1. The number of piperazine rings is 1. The quantitative estimate of drug-likeness (QED) is 0.902. The molecule has 2 aliphatic rings. The SMILES string of the molecule is Cc1cc(N2CCC3(CC2)CNCCN3CC(F)(F)F)ccn1. The number of hydrogen-bond acceptors (Lipinski definition) is 4. The zero-order chi connectivity index (χ0) is 16.5. The first kappa shape index (κ1) is 16.5. The van der Waals surface area contributed by atoms with Crippen LogP contribution in [0.25, 0.3) is 0 Å². The summed E-state index contributed by atoms with van der Waals surface area (Å²) in [4.78, 5) is 8.10. The summed E-state index contributed by atoms with van der Waals surface area (Å²) in [6, 6.07) is 4.00. The summed E-state index contributed by atoms with van der Waals surface area (Å²) in [5, 5.41) is 3.29. The van der Waals surface area contributed by atoms with Crippen molar-refractivity contribution in [2.45, 2.75) is 31.5 Å². The minimum atomic E-state index is -4.14. The molecule has 0 saturated carbocycles. The lowest BCUT2D eigenvalue weighted by molar-refractivity contribution is -0.164. The van der Waals surface area contributed by atoms with E-state index >= 15 is 0 Å². The molecule has 3 rings (SSSR count). The molecule has 1 N–H and O–H groups in total. The van der Waals surface area contributed by atoms with Crippen molar-refractivity contribution in [3.63, 3.8) is 0 Å².